The van der Waals surface area contributed by atoms with E-state index in [9.17, 15) is 9.90 Å². The zero-order valence-corrected chi connectivity index (χ0v) is 12.1. The van der Waals surface area contributed by atoms with Crippen molar-refractivity contribution in [3.63, 3.8) is 0 Å². The Morgan fingerprint density at radius 2 is 1.50 bits per heavy atom. The highest BCUT2D eigenvalue weighted by Crippen LogP contribution is 2.33. The number of carbonyl (C=O) groups is 1. The van der Waals surface area contributed by atoms with E-state index in [1.165, 1.54) is 38.5 Å². The average molecular weight is 269 g/mol. The van der Waals surface area contributed by atoms with Crippen molar-refractivity contribution in [1.29, 1.82) is 0 Å². The molecular formula is C15H32MgO2. The van der Waals surface area contributed by atoms with Crippen LogP contribution in [-0.4, -0.2) is 34.1 Å². The van der Waals surface area contributed by atoms with Crippen LogP contribution in [0.25, 0.3) is 0 Å². The van der Waals surface area contributed by atoms with Crippen LogP contribution in [0.4, 0.5) is 0 Å². The number of aliphatic carboxylic acids is 1. The molecule has 0 aliphatic carbocycles. The number of unbranched alkanes of at least 4 members (excludes halogenated alkanes) is 6. The van der Waals surface area contributed by atoms with Crippen molar-refractivity contribution in [3.8, 4) is 0 Å². The molecule has 0 bridgehead atoms. The normalized spacial score (nSPS) is 14.1. The average Bonchev–Trinajstić information content (AvgIpc) is 2.27. The largest absolute Gasteiger partial charge is 0.481 e. The Balaban J connectivity index is 0. The van der Waals surface area contributed by atoms with Gasteiger partial charge < -0.3 is 5.11 Å². The second-order valence-electron chi connectivity index (χ2n) is 5.75. The summed E-state index contributed by atoms with van der Waals surface area (Å²) in [5.41, 5.74) is -0.538. The summed E-state index contributed by atoms with van der Waals surface area (Å²) in [6, 6.07) is 0. The van der Waals surface area contributed by atoms with E-state index in [2.05, 4.69) is 6.92 Å². The first kappa shape index (κ1) is 20.6. The summed E-state index contributed by atoms with van der Waals surface area (Å²) in [6.45, 7) is 8.13. The Hall–Kier alpha value is 0.236. The standard InChI is InChI=1S/C15H30O2.Mg.2H/c1-5-6-7-8-9-10-11-12-15(4,13(2)3)14(16)17;;;/h13H,5-12H2,1-4H3,(H,16,17);;;. The van der Waals surface area contributed by atoms with Crippen molar-refractivity contribution in [1.82, 2.24) is 0 Å². The van der Waals surface area contributed by atoms with E-state index >= 15 is 0 Å². The maximum absolute atomic E-state index is 11.3. The maximum Gasteiger partial charge on any atom is 0.316 e. The maximum atomic E-state index is 11.3. The van der Waals surface area contributed by atoms with Crippen LogP contribution in [0.5, 0.6) is 0 Å². The van der Waals surface area contributed by atoms with Crippen LogP contribution in [0, 0.1) is 11.3 Å². The molecule has 0 radical (unpaired) electrons. The third-order valence-electron chi connectivity index (χ3n) is 4.06. The molecule has 3 heteroatoms. The van der Waals surface area contributed by atoms with Crippen molar-refractivity contribution in [2.45, 2.75) is 79.1 Å². The molecule has 18 heavy (non-hydrogen) atoms. The molecule has 0 aliphatic heterocycles. The van der Waals surface area contributed by atoms with Crippen LogP contribution in [0.3, 0.4) is 0 Å². The molecule has 1 unspecified atom stereocenters. The minimum atomic E-state index is -0.640. The number of hydrogen-bond acceptors (Lipinski definition) is 1. The number of hydrogen-bond donors (Lipinski definition) is 1. The molecule has 0 aromatic heterocycles. The third-order valence-corrected chi connectivity index (χ3v) is 4.06. The van der Waals surface area contributed by atoms with Gasteiger partial charge in [-0.3, -0.25) is 4.79 Å². The minimum Gasteiger partial charge on any atom is -0.481 e. The first-order valence-electron chi connectivity index (χ1n) is 7.18. The van der Waals surface area contributed by atoms with Gasteiger partial charge in [-0.05, 0) is 19.3 Å². The lowest BCUT2D eigenvalue weighted by Crippen LogP contribution is -2.33. The van der Waals surface area contributed by atoms with Crippen LogP contribution < -0.4 is 0 Å². The second kappa shape index (κ2) is 11.1. The molecule has 0 rings (SSSR count). The Kier molecular flexibility index (Phi) is 12.7. The predicted molar refractivity (Wildman–Crippen MR) is 81.7 cm³/mol. The van der Waals surface area contributed by atoms with Gasteiger partial charge in [-0.2, -0.15) is 0 Å². The first-order chi connectivity index (χ1) is 7.95. The molecule has 0 saturated carbocycles. The molecule has 0 aromatic rings. The molecular weight excluding hydrogens is 236 g/mol. The summed E-state index contributed by atoms with van der Waals surface area (Å²) in [4.78, 5) is 11.3. The zero-order valence-electron chi connectivity index (χ0n) is 12.1. The smallest absolute Gasteiger partial charge is 0.316 e. The summed E-state index contributed by atoms with van der Waals surface area (Å²) >= 11 is 0. The van der Waals surface area contributed by atoms with Gasteiger partial charge in [0.2, 0.25) is 0 Å². The summed E-state index contributed by atoms with van der Waals surface area (Å²) < 4.78 is 0. The molecule has 1 atom stereocenters. The van der Waals surface area contributed by atoms with E-state index in [-0.39, 0.29) is 29.0 Å². The Labute approximate surface area is 129 Å². The van der Waals surface area contributed by atoms with Gasteiger partial charge in [0.25, 0.3) is 0 Å². The first-order valence-corrected chi connectivity index (χ1v) is 7.18. The highest BCUT2D eigenvalue weighted by Gasteiger charge is 2.35. The molecule has 0 aliphatic rings. The Bertz CT molecular complexity index is 217. The van der Waals surface area contributed by atoms with E-state index in [1.807, 2.05) is 20.8 Å². The van der Waals surface area contributed by atoms with Crippen LogP contribution in [-0.2, 0) is 4.79 Å². The third kappa shape index (κ3) is 7.62. The highest BCUT2D eigenvalue weighted by molar-refractivity contribution is 5.75. The lowest BCUT2D eigenvalue weighted by Gasteiger charge is -2.29. The molecule has 0 saturated heterocycles. The fourth-order valence-electron chi connectivity index (χ4n) is 2.09. The quantitative estimate of drug-likeness (QED) is 0.481. The molecule has 106 valence electrons. The number of carboxylic acids is 1. The molecule has 1 N–H and O–H groups in total. The van der Waals surface area contributed by atoms with Gasteiger partial charge in [-0.1, -0.05) is 65.7 Å². The number of rotatable bonds is 10. The van der Waals surface area contributed by atoms with E-state index in [4.69, 9.17) is 0 Å². The summed E-state index contributed by atoms with van der Waals surface area (Å²) in [5.74, 6) is -0.432. The van der Waals surface area contributed by atoms with Gasteiger partial charge in [-0.25, -0.2) is 0 Å². The van der Waals surface area contributed by atoms with Gasteiger partial charge in [0, 0.05) is 0 Å². The van der Waals surface area contributed by atoms with Gasteiger partial charge in [0.05, 0.1) is 5.41 Å². The van der Waals surface area contributed by atoms with Crippen LogP contribution in [0.15, 0.2) is 0 Å². The number of carboxylic acid groups (broad SMARTS) is 1. The van der Waals surface area contributed by atoms with E-state index in [0.717, 1.165) is 12.8 Å². The van der Waals surface area contributed by atoms with Crippen molar-refractivity contribution < 1.29 is 9.90 Å². The van der Waals surface area contributed by atoms with Crippen molar-refractivity contribution >= 4 is 29.0 Å². The van der Waals surface area contributed by atoms with Crippen molar-refractivity contribution in [3.05, 3.63) is 0 Å². The Morgan fingerprint density at radius 3 is 1.89 bits per heavy atom. The molecule has 0 spiro atoms. The molecule has 0 fully saturated rings. The summed E-state index contributed by atoms with van der Waals surface area (Å²) in [5, 5.41) is 9.28. The lowest BCUT2D eigenvalue weighted by molar-refractivity contribution is -0.151. The summed E-state index contributed by atoms with van der Waals surface area (Å²) in [7, 11) is 0. The van der Waals surface area contributed by atoms with Crippen molar-refractivity contribution in [2.75, 3.05) is 0 Å². The monoisotopic (exact) mass is 268 g/mol. The fraction of sp³-hybridized carbons (Fsp3) is 0.933. The van der Waals surface area contributed by atoms with Crippen LogP contribution >= 0.6 is 0 Å². The van der Waals surface area contributed by atoms with E-state index < -0.39 is 11.4 Å². The predicted octanol–water partition coefficient (Wildman–Crippen LogP) is 3.96. The van der Waals surface area contributed by atoms with E-state index in [1.54, 1.807) is 0 Å². The lowest BCUT2D eigenvalue weighted by atomic mass is 9.75. The molecule has 0 heterocycles. The second-order valence-corrected chi connectivity index (χ2v) is 5.75. The molecule has 0 amide bonds. The van der Waals surface area contributed by atoms with Gasteiger partial charge in [0.1, 0.15) is 0 Å². The summed E-state index contributed by atoms with van der Waals surface area (Å²) in [6.07, 6.45) is 9.55. The zero-order chi connectivity index (χ0) is 13.3. The molecule has 0 aromatic carbocycles. The van der Waals surface area contributed by atoms with Crippen LogP contribution in [0.1, 0.15) is 79.1 Å². The minimum absolute atomic E-state index is 0. The SMILES string of the molecule is CCCCCCCCCC(C)(C(=O)O)C(C)C.[MgH2]. The topological polar surface area (TPSA) is 37.3 Å². The van der Waals surface area contributed by atoms with Gasteiger partial charge >= 0.3 is 29.0 Å². The van der Waals surface area contributed by atoms with Gasteiger partial charge in [0.15, 0.2) is 0 Å². The highest BCUT2D eigenvalue weighted by atomic mass is 24.3. The van der Waals surface area contributed by atoms with Gasteiger partial charge in [-0.15, -0.1) is 0 Å². The Morgan fingerprint density at radius 1 is 1.06 bits per heavy atom. The van der Waals surface area contributed by atoms with E-state index in [0.29, 0.717) is 0 Å². The van der Waals surface area contributed by atoms with Crippen molar-refractivity contribution in [2.24, 2.45) is 11.3 Å². The molecule has 2 nitrogen and oxygen atoms in total. The fourth-order valence-corrected chi connectivity index (χ4v) is 2.09. The van der Waals surface area contributed by atoms with Crippen LogP contribution in [0.2, 0.25) is 0 Å².